The van der Waals surface area contributed by atoms with Gasteiger partial charge in [0.05, 0.1) is 7.11 Å². The molecular weight excluding hydrogens is 220 g/mol. The van der Waals surface area contributed by atoms with E-state index in [0.29, 0.717) is 11.5 Å². The van der Waals surface area contributed by atoms with Gasteiger partial charge >= 0.3 is 0 Å². The summed E-state index contributed by atoms with van der Waals surface area (Å²) in [6.07, 6.45) is 0. The van der Waals surface area contributed by atoms with Gasteiger partial charge in [-0.15, -0.1) is 0 Å². The fourth-order valence-corrected chi connectivity index (χ4v) is 1.36. The molecule has 0 saturated heterocycles. The zero-order chi connectivity index (χ0) is 12.8. The molecule has 0 bridgehead atoms. The van der Waals surface area contributed by atoms with E-state index in [0.717, 1.165) is 5.56 Å². The number of benzene rings is 1. The van der Waals surface area contributed by atoms with E-state index in [-0.39, 0.29) is 18.6 Å². The van der Waals surface area contributed by atoms with Gasteiger partial charge in [0.15, 0.2) is 6.61 Å². The Morgan fingerprint density at radius 1 is 1.53 bits per heavy atom. The van der Waals surface area contributed by atoms with Crippen LogP contribution >= 0.6 is 0 Å². The molecule has 0 spiro atoms. The van der Waals surface area contributed by atoms with E-state index in [1.54, 1.807) is 20.2 Å². The molecule has 0 aromatic heterocycles. The van der Waals surface area contributed by atoms with Crippen molar-refractivity contribution >= 4 is 5.91 Å². The van der Waals surface area contributed by atoms with Crippen molar-refractivity contribution in [3.8, 4) is 11.5 Å². The third-order valence-corrected chi connectivity index (χ3v) is 2.35. The fourth-order valence-electron chi connectivity index (χ4n) is 1.36. The molecule has 3 N–H and O–H groups in total. The first-order chi connectivity index (χ1) is 8.08. The van der Waals surface area contributed by atoms with E-state index < -0.39 is 0 Å². The lowest BCUT2D eigenvalue weighted by Gasteiger charge is -2.14. The van der Waals surface area contributed by atoms with Gasteiger partial charge in [-0.25, -0.2) is 0 Å². The number of hydrogen-bond acceptors (Lipinski definition) is 4. The number of likely N-dealkylation sites (N-methyl/N-ethyl adjacent to an activating group) is 1. The highest BCUT2D eigenvalue weighted by atomic mass is 16.5. The number of nitrogens with one attached hydrogen (secondary N) is 1. The third-order valence-electron chi connectivity index (χ3n) is 2.35. The fraction of sp³-hybridized carbons (Fsp3) is 0.417. The molecule has 0 heterocycles. The summed E-state index contributed by atoms with van der Waals surface area (Å²) in [4.78, 5) is 11.1. The summed E-state index contributed by atoms with van der Waals surface area (Å²) < 4.78 is 10.5. The van der Waals surface area contributed by atoms with Crippen molar-refractivity contribution in [2.75, 3.05) is 20.8 Å². The number of amides is 1. The van der Waals surface area contributed by atoms with Gasteiger partial charge in [-0.2, -0.15) is 0 Å². The van der Waals surface area contributed by atoms with Crippen molar-refractivity contribution in [1.82, 2.24) is 5.32 Å². The number of carbonyl (C=O) groups excluding carboxylic acids is 1. The second-order valence-corrected chi connectivity index (χ2v) is 3.65. The molecule has 0 aliphatic rings. The zero-order valence-electron chi connectivity index (χ0n) is 10.3. The van der Waals surface area contributed by atoms with Crippen LogP contribution in [-0.4, -0.2) is 26.7 Å². The molecule has 1 rings (SSSR count). The lowest BCUT2D eigenvalue weighted by Crippen LogP contribution is -2.25. The smallest absolute Gasteiger partial charge is 0.257 e. The van der Waals surface area contributed by atoms with E-state index >= 15 is 0 Å². The predicted octanol–water partition coefficient (Wildman–Crippen LogP) is 0.840. The first-order valence-corrected chi connectivity index (χ1v) is 5.35. The van der Waals surface area contributed by atoms with Crippen LogP contribution in [0.25, 0.3) is 0 Å². The van der Waals surface area contributed by atoms with Gasteiger partial charge in [-0.1, -0.05) is 6.07 Å². The second-order valence-electron chi connectivity index (χ2n) is 3.65. The number of rotatable bonds is 5. The van der Waals surface area contributed by atoms with E-state index in [1.165, 1.54) is 0 Å². The predicted molar refractivity (Wildman–Crippen MR) is 65.2 cm³/mol. The number of nitrogens with two attached hydrogens (primary N) is 1. The summed E-state index contributed by atoms with van der Waals surface area (Å²) in [6.45, 7) is 1.82. The Balaban J connectivity index is 2.89. The SMILES string of the molecule is CNC(=O)COc1cc(OC)ccc1[C@@H](C)N. The van der Waals surface area contributed by atoms with Gasteiger partial charge in [0, 0.05) is 24.7 Å². The van der Waals surface area contributed by atoms with Crippen LogP contribution < -0.4 is 20.5 Å². The van der Waals surface area contributed by atoms with Crippen molar-refractivity contribution in [1.29, 1.82) is 0 Å². The average molecular weight is 238 g/mol. The minimum Gasteiger partial charge on any atom is -0.497 e. The third kappa shape index (κ3) is 3.64. The standard InChI is InChI=1S/C12H18N2O3/c1-8(13)10-5-4-9(16-3)6-11(10)17-7-12(15)14-2/h4-6,8H,7,13H2,1-3H3,(H,14,15)/t8-/m1/s1. The highest BCUT2D eigenvalue weighted by Gasteiger charge is 2.10. The van der Waals surface area contributed by atoms with Crippen molar-refractivity contribution in [3.63, 3.8) is 0 Å². The van der Waals surface area contributed by atoms with Crippen LogP contribution in [0.5, 0.6) is 11.5 Å². The summed E-state index contributed by atoms with van der Waals surface area (Å²) >= 11 is 0. The van der Waals surface area contributed by atoms with Crippen LogP contribution in [0.3, 0.4) is 0 Å². The van der Waals surface area contributed by atoms with Crippen molar-refractivity contribution in [2.24, 2.45) is 5.73 Å². The van der Waals surface area contributed by atoms with Crippen LogP contribution in [0, 0.1) is 0 Å². The Hall–Kier alpha value is -1.75. The van der Waals surface area contributed by atoms with E-state index in [2.05, 4.69) is 5.32 Å². The molecule has 0 aliphatic heterocycles. The summed E-state index contributed by atoms with van der Waals surface area (Å²) in [6, 6.07) is 5.20. The number of methoxy groups -OCH3 is 1. The van der Waals surface area contributed by atoms with Gasteiger partial charge < -0.3 is 20.5 Å². The molecule has 94 valence electrons. The maximum atomic E-state index is 11.1. The van der Waals surface area contributed by atoms with E-state index in [4.69, 9.17) is 15.2 Å². The Morgan fingerprint density at radius 3 is 2.76 bits per heavy atom. The topological polar surface area (TPSA) is 73.6 Å². The van der Waals surface area contributed by atoms with Crippen molar-refractivity contribution in [2.45, 2.75) is 13.0 Å². The van der Waals surface area contributed by atoms with Crippen molar-refractivity contribution < 1.29 is 14.3 Å². The maximum Gasteiger partial charge on any atom is 0.257 e. The quantitative estimate of drug-likeness (QED) is 0.797. The van der Waals surface area contributed by atoms with Crippen LogP contribution in [0.4, 0.5) is 0 Å². The Bertz CT molecular complexity index is 391. The first-order valence-electron chi connectivity index (χ1n) is 5.35. The molecule has 0 fully saturated rings. The summed E-state index contributed by atoms with van der Waals surface area (Å²) in [5.41, 5.74) is 6.67. The summed E-state index contributed by atoms with van der Waals surface area (Å²) in [5.74, 6) is 1.05. The Labute approximate surface area is 101 Å². The van der Waals surface area contributed by atoms with Crippen LogP contribution in [-0.2, 0) is 4.79 Å². The molecule has 17 heavy (non-hydrogen) atoms. The highest BCUT2D eigenvalue weighted by molar-refractivity contribution is 5.77. The van der Waals surface area contributed by atoms with E-state index in [1.807, 2.05) is 19.1 Å². The molecule has 0 aliphatic carbocycles. The summed E-state index contributed by atoms with van der Waals surface area (Å²) in [5, 5.41) is 2.49. The molecule has 5 nitrogen and oxygen atoms in total. The largest absolute Gasteiger partial charge is 0.497 e. The normalized spacial score (nSPS) is 11.8. The summed E-state index contributed by atoms with van der Waals surface area (Å²) in [7, 11) is 3.13. The molecule has 1 amide bonds. The molecule has 1 aromatic carbocycles. The van der Waals surface area contributed by atoms with Gasteiger partial charge in [0.2, 0.25) is 0 Å². The monoisotopic (exact) mass is 238 g/mol. The maximum absolute atomic E-state index is 11.1. The Morgan fingerprint density at radius 2 is 2.24 bits per heavy atom. The Kier molecular flexibility index (Phi) is 4.78. The minimum atomic E-state index is -0.191. The number of ether oxygens (including phenoxy) is 2. The molecule has 0 radical (unpaired) electrons. The van der Waals surface area contributed by atoms with E-state index in [9.17, 15) is 4.79 Å². The molecule has 5 heteroatoms. The molecule has 1 aromatic rings. The molecule has 0 unspecified atom stereocenters. The zero-order valence-corrected chi connectivity index (χ0v) is 10.3. The lowest BCUT2D eigenvalue weighted by atomic mass is 10.1. The van der Waals surface area contributed by atoms with Crippen LogP contribution in [0.15, 0.2) is 18.2 Å². The van der Waals surface area contributed by atoms with Gasteiger partial charge in [-0.3, -0.25) is 4.79 Å². The molecule has 1 atom stereocenters. The number of carbonyl (C=O) groups is 1. The lowest BCUT2D eigenvalue weighted by molar-refractivity contribution is -0.122. The highest BCUT2D eigenvalue weighted by Crippen LogP contribution is 2.28. The van der Waals surface area contributed by atoms with Gasteiger partial charge in [-0.05, 0) is 13.0 Å². The van der Waals surface area contributed by atoms with Crippen molar-refractivity contribution in [3.05, 3.63) is 23.8 Å². The van der Waals surface area contributed by atoms with Gasteiger partial charge in [0.1, 0.15) is 11.5 Å². The first kappa shape index (κ1) is 13.3. The van der Waals surface area contributed by atoms with Crippen LogP contribution in [0.1, 0.15) is 18.5 Å². The second kappa shape index (κ2) is 6.10. The van der Waals surface area contributed by atoms with Gasteiger partial charge in [0.25, 0.3) is 5.91 Å². The average Bonchev–Trinajstić information content (AvgIpc) is 2.35. The molecule has 0 saturated carbocycles. The van der Waals surface area contributed by atoms with Crippen LogP contribution in [0.2, 0.25) is 0 Å². The number of hydrogen-bond donors (Lipinski definition) is 2. The minimum absolute atomic E-state index is 0.0383. The molecular formula is C12H18N2O3.